The molecule has 1 aliphatic heterocycles. The molecule has 0 amide bonds. The Morgan fingerprint density at radius 3 is 2.44 bits per heavy atom. The van der Waals surface area contributed by atoms with Crippen molar-refractivity contribution >= 4 is 46.0 Å². The molecule has 0 aliphatic carbocycles. The zero-order valence-corrected chi connectivity index (χ0v) is 15.0. The van der Waals surface area contributed by atoms with Crippen molar-refractivity contribution in [1.82, 2.24) is 4.90 Å². The van der Waals surface area contributed by atoms with Crippen molar-refractivity contribution in [2.24, 2.45) is 0 Å². The van der Waals surface area contributed by atoms with E-state index in [2.05, 4.69) is 15.1 Å². The van der Waals surface area contributed by atoms with Gasteiger partial charge in [-0.1, -0.05) is 17.7 Å². The van der Waals surface area contributed by atoms with E-state index in [1.54, 1.807) is 12.1 Å². The number of piperazine rings is 1. The molecular formula is C17H17ClN4O2S. The average molecular weight is 377 g/mol. The molecule has 0 bridgehead atoms. The maximum Gasteiger partial charge on any atom is 0.271 e. The van der Waals surface area contributed by atoms with Crippen LogP contribution < -0.4 is 10.2 Å². The van der Waals surface area contributed by atoms with Crippen molar-refractivity contribution < 1.29 is 4.92 Å². The molecule has 2 aromatic rings. The molecule has 8 heteroatoms. The zero-order chi connectivity index (χ0) is 17.8. The fourth-order valence-electron chi connectivity index (χ4n) is 2.72. The van der Waals surface area contributed by atoms with Crippen LogP contribution in [0, 0.1) is 10.1 Å². The summed E-state index contributed by atoms with van der Waals surface area (Å²) in [5.41, 5.74) is 1.81. The summed E-state index contributed by atoms with van der Waals surface area (Å²) in [4.78, 5) is 14.8. The molecule has 1 fully saturated rings. The van der Waals surface area contributed by atoms with Crippen LogP contribution in [0.25, 0.3) is 0 Å². The minimum absolute atomic E-state index is 0.0420. The van der Waals surface area contributed by atoms with E-state index in [0.29, 0.717) is 10.8 Å². The highest BCUT2D eigenvalue weighted by atomic mass is 35.5. The largest absolute Gasteiger partial charge is 0.368 e. The Labute approximate surface area is 156 Å². The van der Waals surface area contributed by atoms with Gasteiger partial charge in [-0.15, -0.1) is 0 Å². The molecule has 1 N–H and O–H groups in total. The molecule has 130 valence electrons. The van der Waals surface area contributed by atoms with Crippen LogP contribution in [0.5, 0.6) is 0 Å². The third-order valence-corrected chi connectivity index (χ3v) is 4.68. The van der Waals surface area contributed by atoms with Crippen molar-refractivity contribution in [2.75, 3.05) is 36.4 Å². The van der Waals surface area contributed by atoms with Crippen molar-refractivity contribution in [1.29, 1.82) is 0 Å². The van der Waals surface area contributed by atoms with E-state index in [1.165, 1.54) is 12.1 Å². The van der Waals surface area contributed by atoms with Gasteiger partial charge in [-0.2, -0.15) is 0 Å². The average Bonchev–Trinajstić information content (AvgIpc) is 2.63. The first-order chi connectivity index (χ1) is 12.0. The number of thiocarbonyl (C=S) groups is 1. The predicted molar refractivity (Wildman–Crippen MR) is 105 cm³/mol. The standard InChI is InChI=1S/C17H17ClN4O2S/c18-13-4-6-15(7-5-13)20-8-10-21(11-9-20)17(25)19-14-2-1-3-16(12-14)22(23)24/h1-7,12H,8-11H2,(H,19,25). The third kappa shape index (κ3) is 4.37. The normalized spacial score (nSPS) is 14.3. The summed E-state index contributed by atoms with van der Waals surface area (Å²) >= 11 is 11.4. The number of nitrogens with one attached hydrogen (secondary N) is 1. The Hall–Kier alpha value is -2.38. The number of benzene rings is 2. The first-order valence-corrected chi connectivity index (χ1v) is 8.62. The van der Waals surface area contributed by atoms with Gasteiger partial charge in [-0.25, -0.2) is 0 Å². The second-order valence-corrected chi connectivity index (χ2v) is 6.51. The van der Waals surface area contributed by atoms with Crippen LogP contribution in [0.1, 0.15) is 0 Å². The van der Waals surface area contributed by atoms with E-state index in [1.807, 2.05) is 24.3 Å². The lowest BCUT2D eigenvalue weighted by molar-refractivity contribution is -0.384. The molecule has 1 saturated heterocycles. The van der Waals surface area contributed by atoms with Gasteiger partial charge in [-0.05, 0) is 42.5 Å². The molecule has 25 heavy (non-hydrogen) atoms. The van der Waals surface area contributed by atoms with E-state index < -0.39 is 4.92 Å². The number of halogens is 1. The molecule has 0 unspecified atom stereocenters. The Morgan fingerprint density at radius 2 is 1.80 bits per heavy atom. The molecule has 2 aromatic carbocycles. The van der Waals surface area contributed by atoms with Crippen molar-refractivity contribution in [3.05, 3.63) is 63.7 Å². The van der Waals surface area contributed by atoms with Crippen molar-refractivity contribution in [2.45, 2.75) is 0 Å². The van der Waals surface area contributed by atoms with Crippen LogP contribution in [0.2, 0.25) is 5.02 Å². The predicted octanol–water partition coefficient (Wildman–Crippen LogP) is 3.77. The van der Waals surface area contributed by atoms with Crippen LogP contribution in [-0.4, -0.2) is 41.1 Å². The summed E-state index contributed by atoms with van der Waals surface area (Å²) in [6.45, 7) is 3.25. The minimum atomic E-state index is -0.418. The highest BCUT2D eigenvalue weighted by molar-refractivity contribution is 7.80. The fraction of sp³-hybridized carbons (Fsp3) is 0.235. The van der Waals surface area contributed by atoms with Gasteiger partial charge >= 0.3 is 0 Å². The summed E-state index contributed by atoms with van der Waals surface area (Å²) in [6.07, 6.45) is 0. The van der Waals surface area contributed by atoms with Gasteiger partial charge in [0.2, 0.25) is 0 Å². The summed E-state index contributed by atoms with van der Waals surface area (Å²) in [5, 5.41) is 15.2. The third-order valence-electron chi connectivity index (χ3n) is 4.07. The Kier molecular flexibility index (Phi) is 5.35. The van der Waals surface area contributed by atoms with Crippen LogP contribution in [0.15, 0.2) is 48.5 Å². The van der Waals surface area contributed by atoms with Crippen molar-refractivity contribution in [3.8, 4) is 0 Å². The fourth-order valence-corrected chi connectivity index (χ4v) is 3.15. The summed E-state index contributed by atoms with van der Waals surface area (Å²) < 4.78 is 0. The molecule has 6 nitrogen and oxygen atoms in total. The zero-order valence-electron chi connectivity index (χ0n) is 13.4. The lowest BCUT2D eigenvalue weighted by Crippen LogP contribution is -2.50. The number of rotatable bonds is 3. The number of anilines is 2. The van der Waals surface area contributed by atoms with E-state index in [9.17, 15) is 10.1 Å². The van der Waals surface area contributed by atoms with E-state index in [4.69, 9.17) is 23.8 Å². The quantitative estimate of drug-likeness (QED) is 0.500. The maximum absolute atomic E-state index is 10.9. The van der Waals surface area contributed by atoms with Crippen LogP contribution in [-0.2, 0) is 0 Å². The van der Waals surface area contributed by atoms with Crippen LogP contribution in [0.4, 0.5) is 17.1 Å². The van der Waals surface area contributed by atoms with Gasteiger partial charge in [0.1, 0.15) is 0 Å². The molecule has 0 saturated carbocycles. The Balaban J connectivity index is 1.57. The first kappa shape index (κ1) is 17.4. The molecule has 3 rings (SSSR count). The van der Waals surface area contributed by atoms with Crippen LogP contribution in [0.3, 0.4) is 0 Å². The molecule has 0 spiro atoms. The lowest BCUT2D eigenvalue weighted by Gasteiger charge is -2.37. The summed E-state index contributed by atoms with van der Waals surface area (Å²) in [5.74, 6) is 0. The van der Waals surface area contributed by atoms with E-state index in [-0.39, 0.29) is 5.69 Å². The Morgan fingerprint density at radius 1 is 1.12 bits per heavy atom. The lowest BCUT2D eigenvalue weighted by atomic mass is 10.2. The smallest absolute Gasteiger partial charge is 0.271 e. The van der Waals surface area contributed by atoms with Gasteiger partial charge in [0.05, 0.1) is 4.92 Å². The van der Waals surface area contributed by atoms with Crippen molar-refractivity contribution in [3.63, 3.8) is 0 Å². The van der Waals surface area contributed by atoms with Gasteiger partial charge in [0.15, 0.2) is 5.11 Å². The number of hydrogen-bond donors (Lipinski definition) is 1. The van der Waals surface area contributed by atoms with Gasteiger partial charge in [-0.3, -0.25) is 10.1 Å². The highest BCUT2D eigenvalue weighted by Crippen LogP contribution is 2.21. The number of hydrogen-bond acceptors (Lipinski definition) is 4. The second kappa shape index (κ2) is 7.67. The SMILES string of the molecule is O=[N+]([O-])c1cccc(NC(=S)N2CCN(c3ccc(Cl)cc3)CC2)c1. The van der Waals surface area contributed by atoms with E-state index in [0.717, 1.165) is 36.9 Å². The molecule has 0 radical (unpaired) electrons. The first-order valence-electron chi connectivity index (χ1n) is 7.84. The van der Waals surface area contributed by atoms with Crippen LogP contribution >= 0.6 is 23.8 Å². The second-order valence-electron chi connectivity index (χ2n) is 5.69. The number of nitro benzene ring substituents is 1. The number of non-ortho nitro benzene ring substituents is 1. The minimum Gasteiger partial charge on any atom is -0.368 e. The monoisotopic (exact) mass is 376 g/mol. The molecular weight excluding hydrogens is 360 g/mol. The molecule has 1 heterocycles. The summed E-state index contributed by atoms with van der Waals surface area (Å²) in [6, 6.07) is 14.1. The maximum atomic E-state index is 10.9. The Bertz CT molecular complexity index is 776. The van der Waals surface area contributed by atoms with Gasteiger partial charge in [0, 0.05) is 54.7 Å². The number of nitrogens with zero attached hydrogens (tertiary/aromatic N) is 3. The number of nitro groups is 1. The molecule has 0 aromatic heterocycles. The molecule has 0 atom stereocenters. The highest BCUT2D eigenvalue weighted by Gasteiger charge is 2.19. The van der Waals surface area contributed by atoms with Gasteiger partial charge < -0.3 is 15.1 Å². The summed E-state index contributed by atoms with van der Waals surface area (Å²) in [7, 11) is 0. The van der Waals surface area contributed by atoms with E-state index >= 15 is 0 Å². The molecule has 1 aliphatic rings. The van der Waals surface area contributed by atoms with Gasteiger partial charge in [0.25, 0.3) is 5.69 Å². The topological polar surface area (TPSA) is 61.7 Å².